The Bertz CT molecular complexity index is 558. The highest BCUT2D eigenvalue weighted by atomic mass is 16.2. The smallest absolute Gasteiger partial charge is 0.239 e. The van der Waals surface area contributed by atoms with E-state index in [1.807, 2.05) is 26.0 Å². The number of nitrogens with one attached hydrogen (secondary N) is 3. The third-order valence-corrected chi connectivity index (χ3v) is 2.93. The molecule has 0 aliphatic rings. The molecular weight excluding hydrogens is 296 g/mol. The third kappa shape index (κ3) is 7.96. The summed E-state index contributed by atoms with van der Waals surface area (Å²) in [7, 11) is 0. The highest BCUT2D eigenvalue weighted by Gasteiger charge is 2.07. The van der Waals surface area contributed by atoms with Crippen LogP contribution in [0.2, 0.25) is 0 Å². The van der Waals surface area contributed by atoms with Gasteiger partial charge in [-0.2, -0.15) is 0 Å². The molecule has 0 atom stereocenters. The second-order valence-electron chi connectivity index (χ2n) is 5.60. The fraction of sp³-hybridized carbons (Fsp3) is 0.438. The zero-order valence-electron chi connectivity index (χ0n) is 13.5. The van der Waals surface area contributed by atoms with E-state index in [2.05, 4.69) is 16.0 Å². The number of hydrogen-bond acceptors (Lipinski definition) is 4. The van der Waals surface area contributed by atoms with E-state index in [0.29, 0.717) is 24.6 Å². The van der Waals surface area contributed by atoms with E-state index in [1.54, 1.807) is 12.1 Å². The van der Waals surface area contributed by atoms with Gasteiger partial charge in [0.2, 0.25) is 17.7 Å². The van der Waals surface area contributed by atoms with E-state index < -0.39 is 0 Å². The molecule has 1 rings (SSSR count). The molecule has 0 radical (unpaired) electrons. The topological polar surface area (TPSA) is 113 Å². The lowest BCUT2D eigenvalue weighted by atomic mass is 10.1. The van der Waals surface area contributed by atoms with E-state index in [4.69, 9.17) is 5.73 Å². The van der Waals surface area contributed by atoms with Gasteiger partial charge >= 0.3 is 0 Å². The SMILES string of the molecule is CC(C)CC(=O)Nc1cccc(CNC(=O)CNC(=O)CN)c1. The summed E-state index contributed by atoms with van der Waals surface area (Å²) in [6.45, 7) is 4.02. The minimum atomic E-state index is -0.380. The van der Waals surface area contributed by atoms with Crippen LogP contribution in [-0.4, -0.2) is 30.8 Å². The Labute approximate surface area is 136 Å². The highest BCUT2D eigenvalue weighted by Crippen LogP contribution is 2.12. The molecule has 3 amide bonds. The summed E-state index contributed by atoms with van der Waals surface area (Å²) in [6, 6.07) is 7.25. The maximum absolute atomic E-state index is 11.7. The van der Waals surface area contributed by atoms with Crippen molar-refractivity contribution in [2.75, 3.05) is 18.4 Å². The molecule has 0 heterocycles. The van der Waals surface area contributed by atoms with Gasteiger partial charge in [0, 0.05) is 18.7 Å². The van der Waals surface area contributed by atoms with Crippen molar-refractivity contribution in [1.82, 2.24) is 10.6 Å². The fourth-order valence-corrected chi connectivity index (χ4v) is 1.86. The Morgan fingerprint density at radius 1 is 1.09 bits per heavy atom. The van der Waals surface area contributed by atoms with Gasteiger partial charge in [0.1, 0.15) is 0 Å². The first-order chi connectivity index (χ1) is 10.9. The zero-order valence-corrected chi connectivity index (χ0v) is 13.5. The molecule has 1 aromatic rings. The first-order valence-corrected chi connectivity index (χ1v) is 7.53. The van der Waals surface area contributed by atoms with Crippen LogP contribution in [0.1, 0.15) is 25.8 Å². The molecule has 0 spiro atoms. The van der Waals surface area contributed by atoms with Crippen molar-refractivity contribution in [3.05, 3.63) is 29.8 Å². The summed E-state index contributed by atoms with van der Waals surface area (Å²) < 4.78 is 0. The van der Waals surface area contributed by atoms with Crippen LogP contribution in [0.5, 0.6) is 0 Å². The molecule has 0 aliphatic heterocycles. The molecule has 126 valence electrons. The van der Waals surface area contributed by atoms with Crippen molar-refractivity contribution in [2.45, 2.75) is 26.8 Å². The van der Waals surface area contributed by atoms with Gasteiger partial charge in [-0.3, -0.25) is 14.4 Å². The van der Waals surface area contributed by atoms with Gasteiger partial charge in [-0.05, 0) is 23.6 Å². The van der Waals surface area contributed by atoms with E-state index in [9.17, 15) is 14.4 Å². The lowest BCUT2D eigenvalue weighted by Gasteiger charge is -2.10. The molecule has 5 N–H and O–H groups in total. The summed E-state index contributed by atoms with van der Waals surface area (Å²) in [5.74, 6) is -0.428. The van der Waals surface area contributed by atoms with Gasteiger partial charge in [0.05, 0.1) is 13.1 Å². The monoisotopic (exact) mass is 320 g/mol. The molecule has 0 aromatic heterocycles. The minimum absolute atomic E-state index is 0.0364. The van der Waals surface area contributed by atoms with Gasteiger partial charge in [0.15, 0.2) is 0 Å². The van der Waals surface area contributed by atoms with Crippen LogP contribution in [0.4, 0.5) is 5.69 Å². The average Bonchev–Trinajstić information content (AvgIpc) is 2.50. The number of hydrogen-bond donors (Lipinski definition) is 4. The quantitative estimate of drug-likeness (QED) is 0.554. The standard InChI is InChI=1S/C16H24N4O3/c1-11(2)6-14(21)20-13-5-3-4-12(7-13)9-18-16(23)10-19-15(22)8-17/h3-5,7,11H,6,8-10,17H2,1-2H3,(H,18,23)(H,19,22)(H,20,21). The molecule has 1 aromatic carbocycles. The van der Waals surface area contributed by atoms with Crippen LogP contribution >= 0.6 is 0 Å². The molecule has 0 saturated heterocycles. The number of benzene rings is 1. The largest absolute Gasteiger partial charge is 0.350 e. The van der Waals surface area contributed by atoms with Gasteiger partial charge in [-0.1, -0.05) is 26.0 Å². The fourth-order valence-electron chi connectivity index (χ4n) is 1.86. The average molecular weight is 320 g/mol. The van der Waals surface area contributed by atoms with Crippen LogP contribution in [0, 0.1) is 5.92 Å². The Kier molecular flexibility index (Phi) is 7.76. The predicted molar refractivity (Wildman–Crippen MR) is 88.4 cm³/mol. The first kappa shape index (κ1) is 18.6. The first-order valence-electron chi connectivity index (χ1n) is 7.53. The van der Waals surface area contributed by atoms with Gasteiger partial charge in [-0.25, -0.2) is 0 Å². The number of anilines is 1. The maximum Gasteiger partial charge on any atom is 0.239 e. The summed E-state index contributed by atoms with van der Waals surface area (Å²) >= 11 is 0. The predicted octanol–water partition coefficient (Wildman–Crippen LogP) is 0.362. The number of rotatable bonds is 8. The van der Waals surface area contributed by atoms with Crippen LogP contribution in [0.25, 0.3) is 0 Å². The van der Waals surface area contributed by atoms with Crippen molar-refractivity contribution in [3.8, 4) is 0 Å². The second-order valence-corrected chi connectivity index (χ2v) is 5.60. The third-order valence-electron chi connectivity index (χ3n) is 2.93. The minimum Gasteiger partial charge on any atom is -0.350 e. The van der Waals surface area contributed by atoms with Crippen molar-refractivity contribution in [2.24, 2.45) is 11.7 Å². The summed E-state index contributed by atoms with van der Waals surface area (Å²) in [5, 5.41) is 7.90. The molecule has 0 unspecified atom stereocenters. The van der Waals surface area contributed by atoms with Crippen LogP contribution in [-0.2, 0) is 20.9 Å². The van der Waals surface area contributed by atoms with Crippen molar-refractivity contribution >= 4 is 23.4 Å². The lowest BCUT2D eigenvalue weighted by molar-refractivity contribution is -0.125. The lowest BCUT2D eigenvalue weighted by Crippen LogP contribution is -2.39. The highest BCUT2D eigenvalue weighted by molar-refractivity contribution is 5.91. The van der Waals surface area contributed by atoms with Crippen molar-refractivity contribution in [1.29, 1.82) is 0 Å². The number of carbonyl (C=O) groups is 3. The molecular formula is C16H24N4O3. The van der Waals surface area contributed by atoms with Crippen molar-refractivity contribution < 1.29 is 14.4 Å². The maximum atomic E-state index is 11.7. The molecule has 7 nitrogen and oxygen atoms in total. The Hall–Kier alpha value is -2.41. The number of amides is 3. The molecule has 0 fully saturated rings. The van der Waals surface area contributed by atoms with Crippen molar-refractivity contribution in [3.63, 3.8) is 0 Å². The normalized spacial score (nSPS) is 10.3. The van der Waals surface area contributed by atoms with Gasteiger partial charge < -0.3 is 21.7 Å². The van der Waals surface area contributed by atoms with E-state index in [1.165, 1.54) is 0 Å². The Morgan fingerprint density at radius 2 is 1.83 bits per heavy atom. The van der Waals surface area contributed by atoms with Gasteiger partial charge in [0.25, 0.3) is 0 Å². The van der Waals surface area contributed by atoms with E-state index in [0.717, 1.165) is 5.56 Å². The second kappa shape index (κ2) is 9.58. The Balaban J connectivity index is 2.46. The summed E-state index contributed by atoms with van der Waals surface area (Å²) in [5.41, 5.74) is 6.68. The van der Waals surface area contributed by atoms with Gasteiger partial charge in [-0.15, -0.1) is 0 Å². The molecule has 23 heavy (non-hydrogen) atoms. The zero-order chi connectivity index (χ0) is 17.2. The summed E-state index contributed by atoms with van der Waals surface area (Å²) in [6.07, 6.45) is 0.460. The summed E-state index contributed by atoms with van der Waals surface area (Å²) in [4.78, 5) is 34.3. The number of carbonyl (C=O) groups excluding carboxylic acids is 3. The van der Waals surface area contributed by atoms with Crippen LogP contribution in [0.15, 0.2) is 24.3 Å². The molecule has 0 bridgehead atoms. The Morgan fingerprint density at radius 3 is 2.48 bits per heavy atom. The molecule has 7 heteroatoms. The molecule has 0 aliphatic carbocycles. The number of nitrogens with two attached hydrogens (primary N) is 1. The molecule has 0 saturated carbocycles. The van der Waals surface area contributed by atoms with Crippen LogP contribution < -0.4 is 21.7 Å². The van der Waals surface area contributed by atoms with Crippen LogP contribution in [0.3, 0.4) is 0 Å². The van der Waals surface area contributed by atoms with E-state index in [-0.39, 0.29) is 30.8 Å². The van der Waals surface area contributed by atoms with E-state index >= 15 is 0 Å².